The summed E-state index contributed by atoms with van der Waals surface area (Å²) in [6.07, 6.45) is 14.3. The maximum Gasteiger partial charge on any atom is 0.306 e. The zero-order valence-electron chi connectivity index (χ0n) is 38.4. The van der Waals surface area contributed by atoms with Crippen LogP contribution in [0.4, 0.5) is 0 Å². The number of carbonyl (C=O) groups is 2. The molecule has 366 valence electrons. The van der Waals surface area contributed by atoms with Gasteiger partial charge < -0.3 is 64.2 Å². The highest BCUT2D eigenvalue weighted by Gasteiger charge is 2.47. The van der Waals surface area contributed by atoms with Gasteiger partial charge in [0, 0.05) is 12.8 Å². The third kappa shape index (κ3) is 24.1. The Bertz CT molecular complexity index is 1100. The molecule has 2 heterocycles. The van der Waals surface area contributed by atoms with Gasteiger partial charge in [0.2, 0.25) is 0 Å². The standard InChI is InChI=1S/C47H88O15/c1-3-5-7-9-11-13-14-15-16-17-18-19-20-22-24-26-28-30-39(50)60-35(32-57-38(49)29-27-25-23-21-12-10-8-6-4-2)33-58-46-45(56)43(54)41(52)37(62-46)34-59-47-44(55)42(53)40(51)36(31-48)61-47/h35-37,40-48,51-56H,3-34H2,1-2H3. The van der Waals surface area contributed by atoms with Gasteiger partial charge >= 0.3 is 11.9 Å². The molecule has 11 atom stereocenters. The Morgan fingerprint density at radius 3 is 1.26 bits per heavy atom. The van der Waals surface area contributed by atoms with Crippen molar-refractivity contribution in [3.05, 3.63) is 0 Å². The maximum atomic E-state index is 13.0. The highest BCUT2D eigenvalue weighted by molar-refractivity contribution is 5.70. The van der Waals surface area contributed by atoms with Crippen LogP contribution in [0.2, 0.25) is 0 Å². The van der Waals surface area contributed by atoms with Crippen LogP contribution in [-0.2, 0) is 38.0 Å². The van der Waals surface area contributed by atoms with E-state index >= 15 is 0 Å². The molecule has 62 heavy (non-hydrogen) atoms. The Labute approximate surface area is 372 Å². The number of hydrogen-bond acceptors (Lipinski definition) is 15. The smallest absolute Gasteiger partial charge is 0.306 e. The van der Waals surface area contributed by atoms with Gasteiger partial charge in [-0.25, -0.2) is 0 Å². The molecule has 2 aliphatic heterocycles. The number of esters is 2. The summed E-state index contributed by atoms with van der Waals surface area (Å²) in [5, 5.41) is 71.9. The van der Waals surface area contributed by atoms with Crippen LogP contribution in [0.25, 0.3) is 0 Å². The molecule has 0 aromatic carbocycles. The third-order valence-corrected chi connectivity index (χ3v) is 12.1. The van der Waals surface area contributed by atoms with Crippen LogP contribution in [0.5, 0.6) is 0 Å². The number of aliphatic hydroxyl groups is 7. The van der Waals surface area contributed by atoms with Gasteiger partial charge in [-0.1, -0.05) is 168 Å². The van der Waals surface area contributed by atoms with Crippen molar-refractivity contribution in [2.24, 2.45) is 0 Å². The second-order valence-electron chi connectivity index (χ2n) is 17.7. The van der Waals surface area contributed by atoms with Crippen LogP contribution in [0, 0.1) is 0 Å². The zero-order chi connectivity index (χ0) is 45.4. The largest absolute Gasteiger partial charge is 0.462 e. The van der Waals surface area contributed by atoms with E-state index in [0.29, 0.717) is 12.8 Å². The van der Waals surface area contributed by atoms with Gasteiger partial charge in [0.1, 0.15) is 55.4 Å². The fourth-order valence-electron chi connectivity index (χ4n) is 7.98. The summed E-state index contributed by atoms with van der Waals surface area (Å²) in [7, 11) is 0. The molecule has 7 N–H and O–H groups in total. The summed E-state index contributed by atoms with van der Waals surface area (Å²) in [5.74, 6) is -0.916. The van der Waals surface area contributed by atoms with Gasteiger partial charge in [-0.3, -0.25) is 9.59 Å². The van der Waals surface area contributed by atoms with E-state index in [1.807, 2.05) is 0 Å². The average Bonchev–Trinajstić information content (AvgIpc) is 3.26. The van der Waals surface area contributed by atoms with Gasteiger partial charge in [-0.2, -0.15) is 0 Å². The van der Waals surface area contributed by atoms with E-state index in [9.17, 15) is 45.3 Å². The molecule has 2 saturated heterocycles. The highest BCUT2D eigenvalue weighted by Crippen LogP contribution is 2.26. The maximum absolute atomic E-state index is 13.0. The Kier molecular flexibility index (Phi) is 32.6. The lowest BCUT2D eigenvalue weighted by molar-refractivity contribution is -0.332. The van der Waals surface area contributed by atoms with Gasteiger partial charge in [0.15, 0.2) is 18.7 Å². The molecule has 0 bridgehead atoms. The molecule has 0 radical (unpaired) electrons. The van der Waals surface area contributed by atoms with Crippen LogP contribution < -0.4 is 0 Å². The van der Waals surface area contributed by atoms with Gasteiger partial charge in [-0.05, 0) is 12.8 Å². The van der Waals surface area contributed by atoms with E-state index in [0.717, 1.165) is 38.5 Å². The Morgan fingerprint density at radius 1 is 0.452 bits per heavy atom. The first kappa shape index (κ1) is 56.6. The number of hydrogen-bond donors (Lipinski definition) is 7. The molecule has 2 aliphatic rings. The van der Waals surface area contributed by atoms with Crippen molar-refractivity contribution in [1.29, 1.82) is 0 Å². The highest BCUT2D eigenvalue weighted by atomic mass is 16.7. The molecule has 0 aliphatic carbocycles. The number of unbranched alkanes of at least 4 members (excludes halogenated alkanes) is 24. The predicted molar refractivity (Wildman–Crippen MR) is 234 cm³/mol. The lowest BCUT2D eigenvalue weighted by Crippen LogP contribution is -2.61. The van der Waals surface area contributed by atoms with E-state index in [2.05, 4.69) is 13.8 Å². The molecule has 15 nitrogen and oxygen atoms in total. The first-order valence-corrected chi connectivity index (χ1v) is 24.6. The van der Waals surface area contributed by atoms with E-state index in [1.54, 1.807) is 0 Å². The van der Waals surface area contributed by atoms with E-state index in [1.165, 1.54) is 116 Å². The van der Waals surface area contributed by atoms with Crippen LogP contribution in [-0.4, -0.2) is 142 Å². The summed E-state index contributed by atoms with van der Waals surface area (Å²) >= 11 is 0. The lowest BCUT2D eigenvalue weighted by atomic mass is 9.98. The fourth-order valence-corrected chi connectivity index (χ4v) is 7.98. The van der Waals surface area contributed by atoms with Crippen molar-refractivity contribution in [1.82, 2.24) is 0 Å². The quantitative estimate of drug-likeness (QED) is 0.0277. The predicted octanol–water partition coefficient (Wildman–Crippen LogP) is 6.04. The number of ether oxygens (including phenoxy) is 6. The van der Waals surface area contributed by atoms with Crippen molar-refractivity contribution >= 4 is 11.9 Å². The summed E-state index contributed by atoms with van der Waals surface area (Å²) in [6.45, 7) is 2.58. The van der Waals surface area contributed by atoms with Crippen LogP contribution >= 0.6 is 0 Å². The van der Waals surface area contributed by atoms with E-state index in [-0.39, 0.29) is 26.1 Å². The molecule has 0 saturated carbocycles. The minimum Gasteiger partial charge on any atom is -0.462 e. The molecule has 2 fully saturated rings. The number of carbonyl (C=O) groups excluding carboxylic acids is 2. The van der Waals surface area contributed by atoms with Crippen molar-refractivity contribution in [3.63, 3.8) is 0 Å². The monoisotopic (exact) mass is 893 g/mol. The topological polar surface area (TPSA) is 231 Å². The first-order valence-electron chi connectivity index (χ1n) is 24.6. The normalized spacial score (nSPS) is 27.0. The fraction of sp³-hybridized carbons (Fsp3) is 0.957. The van der Waals surface area contributed by atoms with Crippen molar-refractivity contribution in [2.75, 3.05) is 26.4 Å². The van der Waals surface area contributed by atoms with Gasteiger partial charge in [-0.15, -0.1) is 0 Å². The van der Waals surface area contributed by atoms with Crippen LogP contribution in [0.15, 0.2) is 0 Å². The van der Waals surface area contributed by atoms with Crippen molar-refractivity contribution in [2.45, 2.75) is 261 Å². The van der Waals surface area contributed by atoms with Gasteiger partial charge in [0.05, 0.1) is 19.8 Å². The average molecular weight is 893 g/mol. The van der Waals surface area contributed by atoms with Crippen molar-refractivity contribution < 1.29 is 73.8 Å². The van der Waals surface area contributed by atoms with Gasteiger partial charge in [0.25, 0.3) is 0 Å². The van der Waals surface area contributed by atoms with Crippen LogP contribution in [0.1, 0.15) is 194 Å². The summed E-state index contributed by atoms with van der Waals surface area (Å²) in [5.41, 5.74) is 0. The van der Waals surface area contributed by atoms with Crippen molar-refractivity contribution in [3.8, 4) is 0 Å². The summed E-state index contributed by atoms with van der Waals surface area (Å²) in [6, 6.07) is 0. The number of aliphatic hydroxyl groups excluding tert-OH is 7. The molecule has 0 aromatic rings. The Hall–Kier alpha value is -1.50. The molecular weight excluding hydrogens is 805 g/mol. The third-order valence-electron chi connectivity index (χ3n) is 12.1. The Morgan fingerprint density at radius 2 is 0.823 bits per heavy atom. The SMILES string of the molecule is CCCCCCCCCCCCCCCCCCCC(=O)OC(COC(=O)CCCCCCCCCCC)COC1OC(COC2OC(CO)C(O)C(O)C2O)C(O)C(O)C1O. The minimum atomic E-state index is -1.76. The van der Waals surface area contributed by atoms with E-state index < -0.39 is 92.7 Å². The second kappa shape index (κ2) is 35.7. The first-order chi connectivity index (χ1) is 30.0. The molecule has 2 rings (SSSR count). The summed E-state index contributed by atoms with van der Waals surface area (Å²) < 4.78 is 33.5. The molecule has 0 spiro atoms. The second-order valence-corrected chi connectivity index (χ2v) is 17.7. The molecule has 0 aromatic heterocycles. The number of rotatable bonds is 38. The van der Waals surface area contributed by atoms with E-state index in [4.69, 9.17) is 28.4 Å². The molecular formula is C47H88O15. The minimum absolute atomic E-state index is 0.173. The molecule has 0 amide bonds. The zero-order valence-corrected chi connectivity index (χ0v) is 38.4. The lowest BCUT2D eigenvalue weighted by Gasteiger charge is -2.42. The van der Waals surface area contributed by atoms with Crippen LogP contribution in [0.3, 0.4) is 0 Å². The summed E-state index contributed by atoms with van der Waals surface area (Å²) in [4.78, 5) is 25.6. The Balaban J connectivity index is 1.80. The molecule has 11 unspecified atom stereocenters. The molecule has 15 heteroatoms.